The smallest absolute Gasteiger partial charge is 0.210 e. The molecule has 0 saturated carbocycles. The molecule has 0 fully saturated rings. The molecule has 0 aliphatic heterocycles. The first-order valence-electron chi connectivity index (χ1n) is 9.91. The number of nitrogens with zero attached hydrogens (tertiary/aromatic N) is 1. The average molecular weight is 411 g/mol. The van der Waals surface area contributed by atoms with Gasteiger partial charge in [0.2, 0.25) is 5.78 Å². The van der Waals surface area contributed by atoms with Crippen molar-refractivity contribution >= 4 is 24.9 Å². The van der Waals surface area contributed by atoms with Crippen LogP contribution < -0.4 is 4.74 Å². The Bertz CT molecular complexity index is 1000. The number of aromatic nitrogens is 2. The van der Waals surface area contributed by atoms with E-state index in [2.05, 4.69) is 43.8 Å². The van der Waals surface area contributed by atoms with Crippen LogP contribution in [0.25, 0.3) is 10.8 Å². The topological polar surface area (TPSA) is 64.2 Å². The molecule has 0 aliphatic rings. The van der Waals surface area contributed by atoms with Gasteiger partial charge in [-0.3, -0.25) is 4.79 Å². The van der Waals surface area contributed by atoms with Crippen LogP contribution in [0.15, 0.2) is 42.9 Å². The van der Waals surface area contributed by atoms with E-state index in [1.807, 2.05) is 30.3 Å². The van der Waals surface area contributed by atoms with Gasteiger partial charge in [0, 0.05) is 17.7 Å². The molecule has 0 atom stereocenters. The van der Waals surface area contributed by atoms with Crippen molar-refractivity contribution in [1.29, 1.82) is 0 Å². The van der Waals surface area contributed by atoms with Gasteiger partial charge in [-0.15, -0.1) is 0 Å². The van der Waals surface area contributed by atoms with Gasteiger partial charge in [-0.1, -0.05) is 39.0 Å². The molecule has 1 N–H and O–H groups in total. The van der Waals surface area contributed by atoms with Crippen LogP contribution in [-0.4, -0.2) is 37.8 Å². The monoisotopic (exact) mass is 410 g/mol. The first-order chi connectivity index (χ1) is 13.6. The molecule has 5 nitrogen and oxygen atoms in total. The fourth-order valence-corrected chi connectivity index (χ4v) is 4.17. The molecule has 6 heteroatoms. The molecular weight excluding hydrogens is 380 g/mol. The largest absolute Gasteiger partial charge is 0.496 e. The summed E-state index contributed by atoms with van der Waals surface area (Å²) in [4.78, 5) is 19.4. The third kappa shape index (κ3) is 4.43. The van der Waals surface area contributed by atoms with Crippen LogP contribution in [0.1, 0.15) is 42.4 Å². The van der Waals surface area contributed by atoms with Crippen molar-refractivity contribution in [3.8, 4) is 5.75 Å². The molecule has 0 spiro atoms. The van der Waals surface area contributed by atoms with Crippen LogP contribution in [0.3, 0.4) is 0 Å². The van der Waals surface area contributed by atoms with Crippen molar-refractivity contribution in [3.05, 3.63) is 59.7 Å². The van der Waals surface area contributed by atoms with Gasteiger partial charge in [0.1, 0.15) is 11.4 Å². The number of methoxy groups -OCH3 is 1. The van der Waals surface area contributed by atoms with E-state index in [-0.39, 0.29) is 10.8 Å². The molecule has 1 aromatic heterocycles. The van der Waals surface area contributed by atoms with E-state index in [9.17, 15) is 4.79 Å². The summed E-state index contributed by atoms with van der Waals surface area (Å²) < 4.78 is 12.0. The van der Waals surface area contributed by atoms with Crippen LogP contribution in [0.5, 0.6) is 5.75 Å². The summed E-state index contributed by atoms with van der Waals surface area (Å²) in [6.07, 6.45) is 3.82. The summed E-state index contributed by atoms with van der Waals surface area (Å²) in [6.45, 7) is 11.9. The first kappa shape index (κ1) is 21.3. The zero-order valence-corrected chi connectivity index (χ0v) is 19.1. The third-order valence-electron chi connectivity index (χ3n) is 5.93. The van der Waals surface area contributed by atoms with E-state index >= 15 is 0 Å². The second-order valence-electron chi connectivity index (χ2n) is 8.84. The number of fused-ring (bicyclic) bond motifs is 1. The zero-order valence-electron chi connectivity index (χ0n) is 18.1. The molecule has 29 heavy (non-hydrogen) atoms. The Balaban J connectivity index is 1.89. The Morgan fingerprint density at radius 2 is 1.93 bits per heavy atom. The summed E-state index contributed by atoms with van der Waals surface area (Å²) >= 11 is 0. The van der Waals surface area contributed by atoms with E-state index in [1.54, 1.807) is 13.3 Å². The second kappa shape index (κ2) is 8.12. The Morgan fingerprint density at radius 3 is 2.55 bits per heavy atom. The Labute approximate surface area is 173 Å². The fraction of sp³-hybridized carbons (Fsp3) is 0.391. The van der Waals surface area contributed by atoms with Gasteiger partial charge in [-0.25, -0.2) is 4.98 Å². The highest BCUT2D eigenvalue weighted by atomic mass is 28.4. The normalized spacial score (nSPS) is 12.3. The predicted molar refractivity (Wildman–Crippen MR) is 119 cm³/mol. The highest BCUT2D eigenvalue weighted by Gasteiger charge is 2.36. The molecule has 2 aromatic carbocycles. The average Bonchev–Trinajstić information content (AvgIpc) is 3.20. The quantitative estimate of drug-likeness (QED) is 0.420. The van der Waals surface area contributed by atoms with Gasteiger partial charge >= 0.3 is 0 Å². The molecule has 0 amide bonds. The molecular formula is C23H30N2O3Si. The van der Waals surface area contributed by atoms with Gasteiger partial charge < -0.3 is 14.1 Å². The Hall–Kier alpha value is -2.44. The lowest BCUT2D eigenvalue weighted by Gasteiger charge is -2.36. The number of carbonyl (C=O) groups excluding carboxylic acids is 1. The third-order valence-corrected chi connectivity index (χ3v) is 10.5. The number of H-pyrrole nitrogens is 1. The van der Waals surface area contributed by atoms with Crippen molar-refractivity contribution in [2.24, 2.45) is 0 Å². The van der Waals surface area contributed by atoms with Gasteiger partial charge in [0.25, 0.3) is 0 Å². The molecule has 1 heterocycles. The van der Waals surface area contributed by atoms with Crippen LogP contribution in [0.4, 0.5) is 0 Å². The summed E-state index contributed by atoms with van der Waals surface area (Å²) in [5.74, 6) is 0.784. The maximum Gasteiger partial charge on any atom is 0.210 e. The molecule has 0 aliphatic carbocycles. The minimum atomic E-state index is -1.80. The Kier molecular flexibility index (Phi) is 5.96. The van der Waals surface area contributed by atoms with Crippen molar-refractivity contribution < 1.29 is 14.0 Å². The van der Waals surface area contributed by atoms with E-state index in [0.717, 1.165) is 28.5 Å². The van der Waals surface area contributed by atoms with Crippen LogP contribution in [0, 0.1) is 0 Å². The lowest BCUT2D eigenvalue weighted by Crippen LogP contribution is -2.41. The highest BCUT2D eigenvalue weighted by Crippen LogP contribution is 2.37. The number of aromatic amines is 1. The van der Waals surface area contributed by atoms with E-state index in [1.165, 1.54) is 6.33 Å². The highest BCUT2D eigenvalue weighted by molar-refractivity contribution is 6.74. The van der Waals surface area contributed by atoms with Crippen LogP contribution in [0.2, 0.25) is 18.1 Å². The number of ether oxygens (including phenoxy) is 1. The number of ketones is 1. The summed E-state index contributed by atoms with van der Waals surface area (Å²) in [5, 5.41) is 2.28. The fourth-order valence-electron chi connectivity index (χ4n) is 3.12. The number of imidazole rings is 1. The van der Waals surface area contributed by atoms with Crippen LogP contribution in [-0.2, 0) is 10.8 Å². The van der Waals surface area contributed by atoms with Gasteiger partial charge in [-0.2, -0.15) is 0 Å². The predicted octanol–water partition coefficient (Wildman–Crippen LogP) is 5.37. The maximum atomic E-state index is 12.6. The van der Waals surface area contributed by atoms with E-state index < -0.39 is 8.32 Å². The summed E-state index contributed by atoms with van der Waals surface area (Å²) in [6, 6.07) is 9.76. The van der Waals surface area contributed by atoms with E-state index in [0.29, 0.717) is 17.9 Å². The lowest BCUT2D eigenvalue weighted by molar-refractivity contribution is 0.103. The first-order valence-corrected chi connectivity index (χ1v) is 12.8. The lowest BCUT2D eigenvalue weighted by atomic mass is 9.97. The number of carbonyl (C=O) groups is 1. The van der Waals surface area contributed by atoms with Crippen LogP contribution >= 0.6 is 0 Å². The van der Waals surface area contributed by atoms with Gasteiger partial charge in [0.15, 0.2) is 8.32 Å². The molecule has 0 saturated heterocycles. The minimum Gasteiger partial charge on any atom is -0.496 e. The molecule has 3 aromatic rings. The molecule has 0 radical (unpaired) electrons. The minimum absolute atomic E-state index is 0.0666. The standard InChI is InChI=1S/C23H30N2O3Si/c1-23(2,3)29(5,6)28-12-11-19-18-9-7-17(22(26)20-14-24-15-25-20)13-16(18)8-10-21(19)27-4/h7-10,13-15H,11-12H2,1-6H3,(H,24,25). The van der Waals surface area contributed by atoms with Crippen molar-refractivity contribution in [2.75, 3.05) is 13.7 Å². The zero-order chi connectivity index (χ0) is 21.2. The number of hydrogen-bond donors (Lipinski definition) is 1. The van der Waals surface area contributed by atoms with Crippen molar-refractivity contribution in [2.45, 2.75) is 45.3 Å². The number of benzene rings is 2. The number of rotatable bonds is 7. The van der Waals surface area contributed by atoms with Gasteiger partial charge in [0.05, 0.1) is 19.6 Å². The number of nitrogens with one attached hydrogen (secondary N) is 1. The SMILES string of the molecule is COc1ccc2cc(C(=O)c3cnc[nH]3)ccc2c1CCO[Si](C)(C)C(C)(C)C. The Morgan fingerprint density at radius 1 is 1.17 bits per heavy atom. The molecule has 0 unspecified atom stereocenters. The summed E-state index contributed by atoms with van der Waals surface area (Å²) in [5.41, 5.74) is 2.24. The van der Waals surface area contributed by atoms with Crippen molar-refractivity contribution in [3.63, 3.8) is 0 Å². The van der Waals surface area contributed by atoms with E-state index in [4.69, 9.17) is 9.16 Å². The second-order valence-corrected chi connectivity index (χ2v) is 13.6. The van der Waals surface area contributed by atoms with Gasteiger partial charge in [-0.05, 0) is 47.5 Å². The molecule has 0 bridgehead atoms. The molecule has 154 valence electrons. The summed E-state index contributed by atoms with van der Waals surface area (Å²) in [7, 11) is -0.113. The maximum absolute atomic E-state index is 12.6. The number of hydrogen-bond acceptors (Lipinski definition) is 4. The molecule has 3 rings (SSSR count). The van der Waals surface area contributed by atoms with Crippen molar-refractivity contribution in [1.82, 2.24) is 9.97 Å².